The summed E-state index contributed by atoms with van der Waals surface area (Å²) in [5.41, 5.74) is 2.13. The van der Waals surface area contributed by atoms with Gasteiger partial charge < -0.3 is 9.47 Å². The average Bonchev–Trinajstić information content (AvgIpc) is 2.48. The molecule has 0 saturated carbocycles. The second-order valence-electron chi connectivity index (χ2n) is 4.56. The van der Waals surface area contributed by atoms with E-state index in [0.29, 0.717) is 6.61 Å². The molecule has 0 aliphatic carbocycles. The van der Waals surface area contributed by atoms with Crippen LogP contribution < -0.4 is 0 Å². The van der Waals surface area contributed by atoms with Crippen molar-refractivity contribution >= 4 is 6.08 Å². The smallest absolute Gasteiger partial charge is 0.186 e. The minimum atomic E-state index is -0.562. The molecule has 3 rings (SSSR count). The molecule has 15 heavy (non-hydrogen) atoms. The molecule has 0 amide bonds. The molecule has 1 fully saturated rings. The quantitative estimate of drug-likeness (QED) is 0.644. The van der Waals surface area contributed by atoms with Gasteiger partial charge in [-0.05, 0) is 31.1 Å². The Balaban J connectivity index is 2.22. The summed E-state index contributed by atoms with van der Waals surface area (Å²) in [6.07, 6.45) is 4.07. The Morgan fingerprint density at radius 2 is 2.00 bits per heavy atom. The van der Waals surface area contributed by atoms with E-state index < -0.39 is 5.79 Å². The molecule has 2 heterocycles. The van der Waals surface area contributed by atoms with Crippen molar-refractivity contribution in [2.75, 3.05) is 6.61 Å². The van der Waals surface area contributed by atoms with Crippen LogP contribution in [0.3, 0.4) is 0 Å². The lowest BCUT2D eigenvalue weighted by Gasteiger charge is -2.24. The normalized spacial score (nSPS) is 37.5. The SMILES string of the molecule is C[C@]12C=Cc3ccccc3[C@](C)(CO1)O2. The first-order chi connectivity index (χ1) is 7.11. The maximum Gasteiger partial charge on any atom is 0.186 e. The molecule has 2 aliphatic rings. The fourth-order valence-corrected chi connectivity index (χ4v) is 2.37. The Labute approximate surface area is 89.5 Å². The highest BCUT2D eigenvalue weighted by Crippen LogP contribution is 2.43. The van der Waals surface area contributed by atoms with E-state index in [1.807, 2.05) is 19.1 Å². The Hall–Kier alpha value is -1.12. The number of rotatable bonds is 0. The van der Waals surface area contributed by atoms with E-state index in [1.54, 1.807) is 0 Å². The molecule has 1 aromatic carbocycles. The van der Waals surface area contributed by atoms with Crippen LogP contribution in [-0.2, 0) is 15.1 Å². The van der Waals surface area contributed by atoms with E-state index in [1.165, 1.54) is 11.1 Å². The minimum Gasteiger partial charge on any atom is -0.343 e. The molecule has 0 spiro atoms. The van der Waals surface area contributed by atoms with Crippen LogP contribution in [0.5, 0.6) is 0 Å². The molecule has 0 N–H and O–H groups in total. The Morgan fingerprint density at radius 3 is 2.87 bits per heavy atom. The molecular weight excluding hydrogens is 188 g/mol. The third-order valence-corrected chi connectivity index (χ3v) is 3.16. The van der Waals surface area contributed by atoms with Gasteiger partial charge in [0.1, 0.15) is 5.60 Å². The molecule has 1 aromatic rings. The van der Waals surface area contributed by atoms with Gasteiger partial charge in [-0.3, -0.25) is 0 Å². The van der Waals surface area contributed by atoms with Gasteiger partial charge in [-0.1, -0.05) is 30.3 Å². The number of hydrogen-bond donors (Lipinski definition) is 0. The number of hydrogen-bond acceptors (Lipinski definition) is 2. The first-order valence-corrected chi connectivity index (χ1v) is 5.24. The number of benzene rings is 1. The summed E-state index contributed by atoms with van der Waals surface area (Å²) in [5, 5.41) is 0. The van der Waals surface area contributed by atoms with Crippen LogP contribution in [0.4, 0.5) is 0 Å². The van der Waals surface area contributed by atoms with Crippen molar-refractivity contribution < 1.29 is 9.47 Å². The van der Waals surface area contributed by atoms with Crippen LogP contribution in [-0.4, -0.2) is 12.4 Å². The zero-order valence-electron chi connectivity index (χ0n) is 8.99. The highest BCUT2D eigenvalue weighted by Gasteiger charge is 2.46. The van der Waals surface area contributed by atoms with Gasteiger partial charge in [0.05, 0.1) is 6.61 Å². The van der Waals surface area contributed by atoms with Gasteiger partial charge in [-0.15, -0.1) is 0 Å². The molecule has 2 nitrogen and oxygen atoms in total. The molecule has 78 valence electrons. The Kier molecular flexibility index (Phi) is 1.65. The van der Waals surface area contributed by atoms with Crippen molar-refractivity contribution in [1.82, 2.24) is 0 Å². The van der Waals surface area contributed by atoms with Crippen molar-refractivity contribution in [3.63, 3.8) is 0 Å². The average molecular weight is 202 g/mol. The van der Waals surface area contributed by atoms with Gasteiger partial charge in [-0.2, -0.15) is 0 Å². The van der Waals surface area contributed by atoms with Crippen LogP contribution >= 0.6 is 0 Å². The lowest BCUT2D eigenvalue weighted by molar-refractivity contribution is -0.135. The largest absolute Gasteiger partial charge is 0.343 e. The Morgan fingerprint density at radius 1 is 1.20 bits per heavy atom. The number of fused-ring (bicyclic) bond motifs is 4. The highest BCUT2D eigenvalue weighted by molar-refractivity contribution is 5.58. The summed E-state index contributed by atoms with van der Waals surface area (Å²) in [7, 11) is 0. The van der Waals surface area contributed by atoms with Crippen LogP contribution in [0.2, 0.25) is 0 Å². The monoisotopic (exact) mass is 202 g/mol. The van der Waals surface area contributed by atoms with E-state index in [0.717, 1.165) is 0 Å². The zero-order valence-corrected chi connectivity index (χ0v) is 8.99. The van der Waals surface area contributed by atoms with E-state index >= 15 is 0 Å². The van der Waals surface area contributed by atoms with E-state index in [-0.39, 0.29) is 5.60 Å². The first kappa shape index (κ1) is 9.13. The van der Waals surface area contributed by atoms with Crippen molar-refractivity contribution in [1.29, 1.82) is 0 Å². The highest BCUT2D eigenvalue weighted by atomic mass is 16.8. The second kappa shape index (κ2) is 2.71. The molecule has 2 atom stereocenters. The summed E-state index contributed by atoms with van der Waals surface area (Å²) in [6, 6.07) is 8.32. The Bertz CT molecular complexity index is 438. The molecular formula is C13H14O2. The summed E-state index contributed by atoms with van der Waals surface area (Å²) in [5.74, 6) is -0.562. The third kappa shape index (κ3) is 1.25. The van der Waals surface area contributed by atoms with E-state index in [4.69, 9.17) is 9.47 Å². The summed E-state index contributed by atoms with van der Waals surface area (Å²) < 4.78 is 11.7. The van der Waals surface area contributed by atoms with Crippen molar-refractivity contribution in [3.05, 3.63) is 41.5 Å². The maximum atomic E-state index is 6.01. The van der Waals surface area contributed by atoms with Crippen LogP contribution in [0, 0.1) is 0 Å². The summed E-state index contributed by atoms with van der Waals surface area (Å²) in [4.78, 5) is 0. The van der Waals surface area contributed by atoms with Crippen molar-refractivity contribution in [3.8, 4) is 0 Å². The number of ether oxygens (including phenoxy) is 2. The van der Waals surface area contributed by atoms with Crippen LogP contribution in [0.25, 0.3) is 6.08 Å². The van der Waals surface area contributed by atoms with Gasteiger partial charge in [0.2, 0.25) is 0 Å². The van der Waals surface area contributed by atoms with Gasteiger partial charge in [0.15, 0.2) is 5.79 Å². The van der Waals surface area contributed by atoms with Crippen LogP contribution in [0.1, 0.15) is 25.0 Å². The van der Waals surface area contributed by atoms with Crippen molar-refractivity contribution in [2.45, 2.75) is 25.2 Å². The molecule has 2 heteroatoms. The lowest BCUT2D eigenvalue weighted by atomic mass is 9.92. The standard InChI is InChI=1S/C13H14O2/c1-12-9-14-13(2,15-12)8-7-10-5-3-4-6-11(10)12/h3-8H,9H2,1-2H3/t12-,13-/m0/s1. The van der Waals surface area contributed by atoms with Gasteiger partial charge >= 0.3 is 0 Å². The topological polar surface area (TPSA) is 18.5 Å². The fraction of sp³-hybridized carbons (Fsp3) is 0.385. The molecule has 2 bridgehead atoms. The molecule has 2 aliphatic heterocycles. The van der Waals surface area contributed by atoms with Gasteiger partial charge in [0, 0.05) is 0 Å². The summed E-state index contributed by atoms with van der Waals surface area (Å²) in [6.45, 7) is 4.66. The zero-order chi connectivity index (χ0) is 10.5. The predicted molar refractivity (Wildman–Crippen MR) is 58.3 cm³/mol. The van der Waals surface area contributed by atoms with Gasteiger partial charge in [-0.25, -0.2) is 0 Å². The molecule has 0 unspecified atom stereocenters. The lowest BCUT2D eigenvalue weighted by Crippen LogP contribution is -2.28. The molecule has 0 aromatic heterocycles. The third-order valence-electron chi connectivity index (χ3n) is 3.16. The molecule has 1 saturated heterocycles. The summed E-state index contributed by atoms with van der Waals surface area (Å²) >= 11 is 0. The van der Waals surface area contributed by atoms with Crippen LogP contribution in [0.15, 0.2) is 30.3 Å². The fourth-order valence-electron chi connectivity index (χ4n) is 2.37. The molecule has 0 radical (unpaired) electrons. The predicted octanol–water partition coefficient (Wildman–Crippen LogP) is 2.69. The van der Waals surface area contributed by atoms with E-state index in [2.05, 4.69) is 31.2 Å². The van der Waals surface area contributed by atoms with Gasteiger partial charge in [0.25, 0.3) is 0 Å². The van der Waals surface area contributed by atoms with Crippen molar-refractivity contribution in [2.24, 2.45) is 0 Å². The second-order valence-corrected chi connectivity index (χ2v) is 4.56. The maximum absolute atomic E-state index is 6.01. The van der Waals surface area contributed by atoms with E-state index in [9.17, 15) is 0 Å². The first-order valence-electron chi connectivity index (χ1n) is 5.24. The minimum absolute atomic E-state index is 0.311.